The Bertz CT molecular complexity index is 356. The molecule has 0 radical (unpaired) electrons. The molecule has 1 aromatic rings. The molecule has 0 saturated carbocycles. The van der Waals surface area contributed by atoms with E-state index in [-0.39, 0.29) is 5.78 Å². The molecule has 0 spiro atoms. The van der Waals surface area contributed by atoms with Gasteiger partial charge < -0.3 is 9.47 Å². The highest BCUT2D eigenvalue weighted by Gasteiger charge is 2.25. The molecule has 0 N–H and O–H groups in total. The number of carbonyl (C=O) groups is 1. The fourth-order valence-corrected chi connectivity index (χ4v) is 1.03. The summed E-state index contributed by atoms with van der Waals surface area (Å²) in [6.45, 7) is 5.00. The molecule has 0 aliphatic rings. The molecule has 0 fully saturated rings. The van der Waals surface area contributed by atoms with Crippen molar-refractivity contribution in [3.63, 3.8) is 0 Å². The molecule has 0 unspecified atom stereocenters. The van der Waals surface area contributed by atoms with Crippen molar-refractivity contribution >= 4 is 5.78 Å². The molecule has 0 aliphatic heterocycles. The van der Waals surface area contributed by atoms with Gasteiger partial charge in [0, 0.05) is 6.07 Å². The highest BCUT2D eigenvalue weighted by Crippen LogP contribution is 2.23. The van der Waals surface area contributed by atoms with E-state index >= 15 is 0 Å². The minimum Gasteiger partial charge on any atom is -0.497 e. The number of carbonyl (C=O) groups excluding carboxylic acids is 1. The fourth-order valence-electron chi connectivity index (χ4n) is 1.03. The van der Waals surface area contributed by atoms with E-state index in [1.54, 1.807) is 33.1 Å². The van der Waals surface area contributed by atoms with Gasteiger partial charge in [0.15, 0.2) is 11.4 Å². The summed E-state index contributed by atoms with van der Waals surface area (Å²) < 4.78 is 10.6. The Labute approximate surface area is 90.0 Å². The summed E-state index contributed by atoms with van der Waals surface area (Å²) in [6, 6.07) is 7.20. The Hall–Kier alpha value is -1.51. The van der Waals surface area contributed by atoms with E-state index in [2.05, 4.69) is 0 Å². The zero-order valence-electron chi connectivity index (χ0n) is 9.53. The maximum absolute atomic E-state index is 11.3. The second-order valence-corrected chi connectivity index (χ2v) is 3.85. The van der Waals surface area contributed by atoms with E-state index in [0.29, 0.717) is 11.5 Å². The third-order valence-electron chi connectivity index (χ3n) is 2.26. The van der Waals surface area contributed by atoms with Crippen LogP contribution in [-0.4, -0.2) is 18.5 Å². The summed E-state index contributed by atoms with van der Waals surface area (Å²) in [5.74, 6) is 1.34. The van der Waals surface area contributed by atoms with Crippen LogP contribution >= 0.6 is 0 Å². The minimum absolute atomic E-state index is 0.00896. The van der Waals surface area contributed by atoms with Crippen LogP contribution in [0.2, 0.25) is 0 Å². The molecule has 1 rings (SSSR count). The molecule has 3 heteroatoms. The largest absolute Gasteiger partial charge is 0.497 e. The number of benzene rings is 1. The van der Waals surface area contributed by atoms with Gasteiger partial charge in [-0.1, -0.05) is 6.07 Å². The van der Waals surface area contributed by atoms with E-state index in [1.807, 2.05) is 12.1 Å². The van der Waals surface area contributed by atoms with Crippen LogP contribution in [0.4, 0.5) is 0 Å². The van der Waals surface area contributed by atoms with Crippen molar-refractivity contribution in [2.75, 3.05) is 7.11 Å². The first-order valence-corrected chi connectivity index (χ1v) is 4.80. The first kappa shape index (κ1) is 11.6. The zero-order chi connectivity index (χ0) is 11.5. The molecule has 0 heterocycles. The van der Waals surface area contributed by atoms with Crippen molar-refractivity contribution in [3.05, 3.63) is 24.3 Å². The van der Waals surface area contributed by atoms with Gasteiger partial charge in [-0.05, 0) is 32.9 Å². The first-order chi connectivity index (χ1) is 6.95. The number of ether oxygens (including phenoxy) is 2. The van der Waals surface area contributed by atoms with E-state index in [1.165, 1.54) is 6.92 Å². The third-order valence-corrected chi connectivity index (χ3v) is 2.26. The van der Waals surface area contributed by atoms with Crippen molar-refractivity contribution < 1.29 is 14.3 Å². The van der Waals surface area contributed by atoms with Gasteiger partial charge in [0.1, 0.15) is 11.5 Å². The van der Waals surface area contributed by atoms with Gasteiger partial charge in [-0.25, -0.2) is 0 Å². The number of hydrogen-bond acceptors (Lipinski definition) is 3. The van der Waals surface area contributed by atoms with Crippen LogP contribution in [0.1, 0.15) is 20.8 Å². The summed E-state index contributed by atoms with van der Waals surface area (Å²) in [7, 11) is 1.59. The average Bonchev–Trinajstić information content (AvgIpc) is 2.17. The Morgan fingerprint density at radius 2 is 1.87 bits per heavy atom. The Morgan fingerprint density at radius 1 is 1.27 bits per heavy atom. The van der Waals surface area contributed by atoms with Crippen LogP contribution in [0.3, 0.4) is 0 Å². The molecular weight excluding hydrogens is 192 g/mol. The summed E-state index contributed by atoms with van der Waals surface area (Å²) in [5, 5.41) is 0. The quantitative estimate of drug-likeness (QED) is 0.762. The molecule has 0 bridgehead atoms. The second-order valence-electron chi connectivity index (χ2n) is 3.85. The molecule has 1 aromatic carbocycles. The van der Waals surface area contributed by atoms with Crippen LogP contribution in [-0.2, 0) is 4.79 Å². The fraction of sp³-hybridized carbons (Fsp3) is 0.417. The highest BCUT2D eigenvalue weighted by molar-refractivity contribution is 5.84. The standard InChI is InChI=1S/C12H16O3/c1-9(13)12(2,3)15-11-7-5-6-10(8-11)14-4/h5-8H,1-4H3. The lowest BCUT2D eigenvalue weighted by molar-refractivity contribution is -0.129. The van der Waals surface area contributed by atoms with Gasteiger partial charge in [0.2, 0.25) is 0 Å². The molecular formula is C12H16O3. The van der Waals surface area contributed by atoms with Crippen LogP contribution in [0.15, 0.2) is 24.3 Å². The molecule has 0 saturated heterocycles. The SMILES string of the molecule is COc1cccc(OC(C)(C)C(C)=O)c1. The van der Waals surface area contributed by atoms with Crippen LogP contribution in [0, 0.1) is 0 Å². The predicted octanol–water partition coefficient (Wildman–Crippen LogP) is 2.44. The number of Topliss-reactive ketones (excluding diaryl/α,β-unsaturated/α-hetero) is 1. The number of rotatable bonds is 4. The van der Waals surface area contributed by atoms with E-state index < -0.39 is 5.60 Å². The van der Waals surface area contributed by atoms with Crippen LogP contribution < -0.4 is 9.47 Å². The molecule has 0 atom stereocenters. The van der Waals surface area contributed by atoms with Gasteiger partial charge >= 0.3 is 0 Å². The van der Waals surface area contributed by atoms with E-state index in [9.17, 15) is 4.79 Å². The van der Waals surface area contributed by atoms with Crippen molar-refractivity contribution in [1.29, 1.82) is 0 Å². The summed E-state index contributed by atoms with van der Waals surface area (Å²) in [5.41, 5.74) is -0.799. The smallest absolute Gasteiger partial charge is 0.172 e. The lowest BCUT2D eigenvalue weighted by Gasteiger charge is -2.23. The molecule has 0 aromatic heterocycles. The van der Waals surface area contributed by atoms with Crippen molar-refractivity contribution in [2.24, 2.45) is 0 Å². The summed E-state index contributed by atoms with van der Waals surface area (Å²) in [4.78, 5) is 11.3. The lowest BCUT2D eigenvalue weighted by Crippen LogP contribution is -2.36. The predicted molar refractivity (Wildman–Crippen MR) is 58.4 cm³/mol. The average molecular weight is 208 g/mol. The highest BCUT2D eigenvalue weighted by atomic mass is 16.5. The Balaban J connectivity index is 2.85. The number of hydrogen-bond donors (Lipinski definition) is 0. The molecule has 0 amide bonds. The summed E-state index contributed by atoms with van der Waals surface area (Å²) >= 11 is 0. The first-order valence-electron chi connectivity index (χ1n) is 4.80. The van der Waals surface area contributed by atoms with Gasteiger partial charge in [-0.3, -0.25) is 4.79 Å². The van der Waals surface area contributed by atoms with Crippen LogP contribution in [0.5, 0.6) is 11.5 Å². The molecule has 82 valence electrons. The minimum atomic E-state index is -0.799. The zero-order valence-corrected chi connectivity index (χ0v) is 9.53. The van der Waals surface area contributed by atoms with Gasteiger partial charge in [-0.2, -0.15) is 0 Å². The number of ketones is 1. The Kier molecular flexibility index (Phi) is 3.35. The lowest BCUT2D eigenvalue weighted by atomic mass is 10.1. The maximum Gasteiger partial charge on any atom is 0.172 e. The maximum atomic E-state index is 11.3. The molecule has 0 aliphatic carbocycles. The molecule has 15 heavy (non-hydrogen) atoms. The Morgan fingerprint density at radius 3 is 2.40 bits per heavy atom. The van der Waals surface area contributed by atoms with Crippen LogP contribution in [0.25, 0.3) is 0 Å². The summed E-state index contributed by atoms with van der Waals surface area (Å²) in [6.07, 6.45) is 0. The van der Waals surface area contributed by atoms with Crippen molar-refractivity contribution in [2.45, 2.75) is 26.4 Å². The van der Waals surface area contributed by atoms with Gasteiger partial charge in [-0.15, -0.1) is 0 Å². The van der Waals surface area contributed by atoms with E-state index in [4.69, 9.17) is 9.47 Å². The normalized spacial score (nSPS) is 10.9. The monoisotopic (exact) mass is 208 g/mol. The van der Waals surface area contributed by atoms with Gasteiger partial charge in [0.25, 0.3) is 0 Å². The topological polar surface area (TPSA) is 35.5 Å². The second kappa shape index (κ2) is 4.34. The van der Waals surface area contributed by atoms with Gasteiger partial charge in [0.05, 0.1) is 7.11 Å². The van der Waals surface area contributed by atoms with Crippen molar-refractivity contribution in [3.8, 4) is 11.5 Å². The molecule has 3 nitrogen and oxygen atoms in total. The van der Waals surface area contributed by atoms with E-state index in [0.717, 1.165) is 0 Å². The number of methoxy groups -OCH3 is 1. The third kappa shape index (κ3) is 2.98. The van der Waals surface area contributed by atoms with Crippen molar-refractivity contribution in [1.82, 2.24) is 0 Å².